The standard InChI is InChI=1S/C35H59N9O13/c1-16(2)13-21(40-28(49)17(3)36)29(50)37-14-25(48)39-22(15-45)30(51)41-26(19(5)46)32(53)42-27(20(6)47)34(55)44-12-8-10-24(44)33(54)43-11-7-9-23(43)31(52)38-18(4)35(56)57/h16-24,26-27,45-47H,7-15,36H2,1-6H3,(H,37,50)(H,38,52)(H,39,48)(H,40,49)(H,41,51)(H,42,53)(H,56,57)/t17-,18-,19+,20+,21-,22-,23-,24-,26-,27-/m0/s1. The molecule has 22 nitrogen and oxygen atoms in total. The molecule has 2 rings (SSSR count). The van der Waals surface area contributed by atoms with Gasteiger partial charge in [0.25, 0.3) is 0 Å². The van der Waals surface area contributed by atoms with Crippen molar-refractivity contribution in [3.8, 4) is 0 Å². The number of amides is 8. The van der Waals surface area contributed by atoms with Crippen molar-refractivity contribution in [3.05, 3.63) is 0 Å². The number of carbonyl (C=O) groups is 9. The Bertz CT molecular complexity index is 1490. The molecule has 0 unspecified atom stereocenters. The molecule has 22 heteroatoms. The number of aliphatic hydroxyl groups is 3. The molecule has 0 aromatic rings. The molecule has 2 aliphatic heterocycles. The van der Waals surface area contributed by atoms with Gasteiger partial charge in [-0.05, 0) is 65.7 Å². The third-order valence-corrected chi connectivity index (χ3v) is 9.51. The summed E-state index contributed by atoms with van der Waals surface area (Å²) < 4.78 is 0. The van der Waals surface area contributed by atoms with E-state index in [2.05, 4.69) is 31.9 Å². The Labute approximate surface area is 330 Å². The number of aliphatic carboxylic acids is 1. The molecule has 12 N–H and O–H groups in total. The zero-order chi connectivity index (χ0) is 43.3. The largest absolute Gasteiger partial charge is 0.480 e. The summed E-state index contributed by atoms with van der Waals surface area (Å²) in [7, 11) is 0. The number of likely N-dealkylation sites (tertiary alicyclic amines) is 2. The van der Waals surface area contributed by atoms with Crippen LogP contribution in [-0.4, -0.2) is 170 Å². The first-order chi connectivity index (χ1) is 26.6. The summed E-state index contributed by atoms with van der Waals surface area (Å²) >= 11 is 0. The van der Waals surface area contributed by atoms with Crippen LogP contribution in [0.3, 0.4) is 0 Å². The fourth-order valence-corrected chi connectivity index (χ4v) is 6.36. The third-order valence-electron chi connectivity index (χ3n) is 9.51. The van der Waals surface area contributed by atoms with Crippen LogP contribution in [0.5, 0.6) is 0 Å². The molecule has 57 heavy (non-hydrogen) atoms. The number of rotatable bonds is 20. The molecule has 0 radical (unpaired) electrons. The van der Waals surface area contributed by atoms with Gasteiger partial charge in [-0.2, -0.15) is 0 Å². The Balaban J connectivity index is 2.10. The lowest BCUT2D eigenvalue weighted by Crippen LogP contribution is -2.63. The van der Waals surface area contributed by atoms with E-state index in [1.165, 1.54) is 25.7 Å². The van der Waals surface area contributed by atoms with Gasteiger partial charge in [0.2, 0.25) is 47.3 Å². The highest BCUT2D eigenvalue weighted by atomic mass is 16.4. The van der Waals surface area contributed by atoms with E-state index in [1.54, 1.807) is 0 Å². The third kappa shape index (κ3) is 13.9. The molecule has 8 amide bonds. The number of nitrogens with one attached hydrogen (secondary N) is 6. The second-order valence-corrected chi connectivity index (χ2v) is 14.9. The SMILES string of the molecule is CC(C)C[C@H](NC(=O)[C@H](C)N)C(=O)NCC(=O)N[C@@H](CO)C(=O)N[C@H](C(=O)N[C@H](C(=O)N1CCC[C@H]1C(=O)N1CCC[C@H]1C(=O)N[C@@H](C)C(=O)O)[C@@H](C)O)[C@@H](C)O. The van der Waals surface area contributed by atoms with E-state index in [1.807, 2.05) is 13.8 Å². The van der Waals surface area contributed by atoms with E-state index in [0.717, 1.165) is 11.8 Å². The van der Waals surface area contributed by atoms with Gasteiger partial charge in [0.15, 0.2) is 0 Å². The minimum Gasteiger partial charge on any atom is -0.480 e. The van der Waals surface area contributed by atoms with E-state index < -0.39 is 127 Å². The Morgan fingerprint density at radius 3 is 1.77 bits per heavy atom. The summed E-state index contributed by atoms with van der Waals surface area (Å²) in [6, 6.07) is -10.3. The summed E-state index contributed by atoms with van der Waals surface area (Å²) in [5.74, 6) is -7.84. The predicted octanol–water partition coefficient (Wildman–Crippen LogP) is -5.24. The number of aliphatic hydroxyl groups excluding tert-OH is 3. The van der Waals surface area contributed by atoms with Crippen molar-refractivity contribution in [1.82, 2.24) is 41.7 Å². The number of nitrogens with two attached hydrogens (primary N) is 1. The van der Waals surface area contributed by atoms with E-state index >= 15 is 0 Å². The van der Waals surface area contributed by atoms with E-state index in [9.17, 15) is 63.6 Å². The van der Waals surface area contributed by atoms with Gasteiger partial charge in [0.05, 0.1) is 31.4 Å². The van der Waals surface area contributed by atoms with Gasteiger partial charge >= 0.3 is 5.97 Å². The lowest BCUT2D eigenvalue weighted by atomic mass is 10.0. The smallest absolute Gasteiger partial charge is 0.325 e. The minimum absolute atomic E-state index is 0.0212. The molecule has 0 aliphatic carbocycles. The summed E-state index contributed by atoms with van der Waals surface area (Å²) in [6.45, 7) is 7.28. The second-order valence-electron chi connectivity index (χ2n) is 14.9. The number of carbonyl (C=O) groups excluding carboxylic acids is 8. The normalized spacial score (nSPS) is 20.8. The Kier molecular flexibility index (Phi) is 18.7. The van der Waals surface area contributed by atoms with Crippen LogP contribution in [0.25, 0.3) is 0 Å². The number of carboxylic acid groups (broad SMARTS) is 1. The number of hydrogen-bond acceptors (Lipinski definition) is 13. The van der Waals surface area contributed by atoms with Crippen molar-refractivity contribution in [2.45, 2.75) is 134 Å². The van der Waals surface area contributed by atoms with Gasteiger partial charge in [0, 0.05) is 13.1 Å². The van der Waals surface area contributed by atoms with Crippen molar-refractivity contribution in [2.75, 3.05) is 26.2 Å². The van der Waals surface area contributed by atoms with Crippen molar-refractivity contribution < 1.29 is 63.6 Å². The van der Waals surface area contributed by atoms with Gasteiger partial charge in [-0.25, -0.2) is 0 Å². The quantitative estimate of drug-likeness (QED) is 0.0548. The van der Waals surface area contributed by atoms with Gasteiger partial charge in [0.1, 0.15) is 42.3 Å². The molecular formula is C35H59N9O13. The molecule has 0 aromatic carbocycles. The average molecular weight is 814 g/mol. The molecule has 2 fully saturated rings. The molecule has 10 atom stereocenters. The first-order valence-corrected chi connectivity index (χ1v) is 19.0. The first kappa shape index (κ1) is 48.2. The first-order valence-electron chi connectivity index (χ1n) is 19.0. The topological polar surface area (TPSA) is 339 Å². The maximum absolute atomic E-state index is 13.8. The molecule has 322 valence electrons. The van der Waals surface area contributed by atoms with Crippen molar-refractivity contribution in [1.29, 1.82) is 0 Å². The lowest BCUT2D eigenvalue weighted by Gasteiger charge is -2.34. The fraction of sp³-hybridized carbons (Fsp3) is 0.743. The Morgan fingerprint density at radius 2 is 1.25 bits per heavy atom. The van der Waals surface area contributed by atoms with Gasteiger partial charge in [-0.1, -0.05) is 13.8 Å². The highest BCUT2D eigenvalue weighted by Gasteiger charge is 2.45. The Morgan fingerprint density at radius 1 is 0.684 bits per heavy atom. The molecule has 0 spiro atoms. The average Bonchev–Trinajstić information content (AvgIpc) is 3.83. The fourth-order valence-electron chi connectivity index (χ4n) is 6.36. The summed E-state index contributed by atoms with van der Waals surface area (Å²) in [6.07, 6.45) is -1.62. The summed E-state index contributed by atoms with van der Waals surface area (Å²) in [4.78, 5) is 118. The molecule has 0 bridgehead atoms. The molecule has 2 aliphatic rings. The zero-order valence-electron chi connectivity index (χ0n) is 33.1. The summed E-state index contributed by atoms with van der Waals surface area (Å²) in [5, 5.41) is 54.0. The van der Waals surface area contributed by atoms with Crippen LogP contribution in [0.1, 0.15) is 73.6 Å². The molecule has 0 aromatic heterocycles. The highest BCUT2D eigenvalue weighted by molar-refractivity contribution is 5.98. The van der Waals surface area contributed by atoms with Crippen LogP contribution in [0, 0.1) is 5.92 Å². The number of hydrogen-bond donors (Lipinski definition) is 11. The molecule has 2 saturated heterocycles. The second kappa shape index (κ2) is 22.1. The van der Waals surface area contributed by atoms with Crippen LogP contribution >= 0.6 is 0 Å². The lowest BCUT2D eigenvalue weighted by molar-refractivity contribution is -0.150. The van der Waals surface area contributed by atoms with Crippen LogP contribution in [0.15, 0.2) is 0 Å². The van der Waals surface area contributed by atoms with E-state index in [-0.39, 0.29) is 38.3 Å². The number of carboxylic acids is 1. The molecular weight excluding hydrogens is 754 g/mol. The van der Waals surface area contributed by atoms with Crippen LogP contribution < -0.4 is 37.6 Å². The maximum atomic E-state index is 13.8. The molecule has 0 saturated carbocycles. The highest BCUT2D eigenvalue weighted by Crippen LogP contribution is 2.26. The minimum atomic E-state index is -1.78. The molecule has 2 heterocycles. The van der Waals surface area contributed by atoms with Crippen molar-refractivity contribution >= 4 is 53.2 Å². The number of nitrogens with zero attached hydrogens (tertiary/aromatic N) is 2. The summed E-state index contributed by atoms with van der Waals surface area (Å²) in [5.41, 5.74) is 5.57. The van der Waals surface area contributed by atoms with Crippen LogP contribution in [0.2, 0.25) is 0 Å². The monoisotopic (exact) mass is 813 g/mol. The zero-order valence-corrected chi connectivity index (χ0v) is 33.1. The van der Waals surface area contributed by atoms with Gasteiger partial charge in [-0.15, -0.1) is 0 Å². The van der Waals surface area contributed by atoms with E-state index in [0.29, 0.717) is 12.8 Å². The Hall–Kier alpha value is -4.93. The van der Waals surface area contributed by atoms with Gasteiger partial charge in [-0.3, -0.25) is 43.2 Å². The van der Waals surface area contributed by atoms with Crippen LogP contribution in [-0.2, 0) is 43.2 Å². The van der Waals surface area contributed by atoms with Gasteiger partial charge < -0.3 is 67.9 Å². The predicted molar refractivity (Wildman–Crippen MR) is 199 cm³/mol. The maximum Gasteiger partial charge on any atom is 0.325 e. The van der Waals surface area contributed by atoms with Crippen molar-refractivity contribution in [2.24, 2.45) is 11.7 Å². The van der Waals surface area contributed by atoms with E-state index in [4.69, 9.17) is 5.73 Å². The van der Waals surface area contributed by atoms with Crippen molar-refractivity contribution in [3.63, 3.8) is 0 Å². The van der Waals surface area contributed by atoms with Crippen LogP contribution in [0.4, 0.5) is 0 Å².